The highest BCUT2D eigenvalue weighted by atomic mass is 35.5. The minimum absolute atomic E-state index is 0.0486. The van der Waals surface area contributed by atoms with E-state index in [9.17, 15) is 14.4 Å². The van der Waals surface area contributed by atoms with Crippen LogP contribution in [0.4, 0.5) is 0 Å². The molecule has 10 heteroatoms. The number of aromatic nitrogens is 2. The molecule has 0 radical (unpaired) electrons. The smallest absolute Gasteiger partial charge is 0.269 e. The number of benzene rings is 1. The Morgan fingerprint density at radius 3 is 2.67 bits per heavy atom. The van der Waals surface area contributed by atoms with Crippen molar-refractivity contribution in [2.75, 3.05) is 6.54 Å². The molecule has 2 aromatic rings. The fourth-order valence-corrected chi connectivity index (χ4v) is 5.05. The summed E-state index contributed by atoms with van der Waals surface area (Å²) in [6.07, 6.45) is 2.23. The van der Waals surface area contributed by atoms with Crippen molar-refractivity contribution in [3.8, 4) is 0 Å². The molecule has 1 aromatic carbocycles. The lowest BCUT2D eigenvalue weighted by Crippen LogP contribution is -2.49. The number of rotatable bonds is 6. The van der Waals surface area contributed by atoms with E-state index in [1.165, 1.54) is 4.68 Å². The molecular formula is C20H21Cl2N5O3. The minimum atomic E-state index is -0.750. The summed E-state index contributed by atoms with van der Waals surface area (Å²) in [5.41, 5.74) is 6.22. The molecule has 5 rings (SSSR count). The average Bonchev–Trinajstić information content (AvgIpc) is 3.49. The average molecular weight is 450 g/mol. The lowest BCUT2D eigenvalue weighted by atomic mass is 10.1. The zero-order valence-corrected chi connectivity index (χ0v) is 17.6. The Morgan fingerprint density at radius 1 is 1.23 bits per heavy atom. The van der Waals surface area contributed by atoms with E-state index in [1.807, 2.05) is 6.07 Å². The van der Waals surface area contributed by atoms with Crippen LogP contribution in [0, 0.1) is 11.8 Å². The number of nitrogens with one attached hydrogen (secondary N) is 1. The van der Waals surface area contributed by atoms with Gasteiger partial charge in [-0.1, -0.05) is 18.2 Å². The van der Waals surface area contributed by atoms with Crippen molar-refractivity contribution in [2.45, 2.75) is 42.2 Å². The van der Waals surface area contributed by atoms with E-state index in [-0.39, 0.29) is 36.0 Å². The van der Waals surface area contributed by atoms with Crippen LogP contribution >= 0.6 is 23.2 Å². The van der Waals surface area contributed by atoms with Gasteiger partial charge in [0.05, 0.1) is 5.52 Å². The topological polar surface area (TPSA) is 110 Å². The van der Waals surface area contributed by atoms with Gasteiger partial charge in [-0.05, 0) is 31.2 Å². The number of hydrogen-bond acceptors (Lipinski definition) is 4. The quantitative estimate of drug-likeness (QED) is 0.649. The van der Waals surface area contributed by atoms with Crippen LogP contribution < -0.4 is 11.1 Å². The van der Waals surface area contributed by atoms with Crippen LogP contribution in [-0.2, 0) is 16.1 Å². The lowest BCUT2D eigenvalue weighted by molar-refractivity contribution is -0.140. The largest absolute Gasteiger partial charge is 0.364 e. The van der Waals surface area contributed by atoms with E-state index >= 15 is 0 Å². The number of fused-ring (bicyclic) bond motifs is 2. The maximum absolute atomic E-state index is 13.2. The molecular weight excluding hydrogens is 429 g/mol. The number of nitrogens with zero attached hydrogens (tertiary/aromatic N) is 3. The van der Waals surface area contributed by atoms with Crippen molar-refractivity contribution in [1.29, 1.82) is 0 Å². The zero-order valence-electron chi connectivity index (χ0n) is 16.1. The van der Waals surface area contributed by atoms with Gasteiger partial charge < -0.3 is 16.0 Å². The van der Waals surface area contributed by atoms with Gasteiger partial charge >= 0.3 is 0 Å². The summed E-state index contributed by atoms with van der Waals surface area (Å²) >= 11 is 12.1. The molecule has 0 bridgehead atoms. The second kappa shape index (κ2) is 6.85. The SMILES string of the molecule is NC(=O)c1nn(CC(=O)N2[C@@H]3C[C@@H]3C[C@H]2C(=O)NCC2CC2(Cl)Cl)c2ccccc12. The first-order valence-corrected chi connectivity index (χ1v) is 10.7. The summed E-state index contributed by atoms with van der Waals surface area (Å²) in [5, 5.41) is 7.76. The zero-order chi connectivity index (χ0) is 21.2. The van der Waals surface area contributed by atoms with Gasteiger partial charge in [-0.25, -0.2) is 0 Å². The number of para-hydroxylation sites is 1. The highest BCUT2D eigenvalue weighted by molar-refractivity contribution is 6.50. The molecule has 30 heavy (non-hydrogen) atoms. The molecule has 8 nitrogen and oxygen atoms in total. The normalized spacial score (nSPS) is 28.3. The Labute approximate surface area is 182 Å². The Balaban J connectivity index is 1.32. The fourth-order valence-electron chi connectivity index (χ4n) is 4.52. The van der Waals surface area contributed by atoms with Crippen LogP contribution in [0.5, 0.6) is 0 Å². The van der Waals surface area contributed by atoms with Crippen LogP contribution in [0.25, 0.3) is 10.9 Å². The molecule has 1 aromatic heterocycles. The van der Waals surface area contributed by atoms with Crippen LogP contribution in [0.2, 0.25) is 0 Å². The highest BCUT2D eigenvalue weighted by Gasteiger charge is 2.56. The van der Waals surface area contributed by atoms with Crippen LogP contribution in [0.15, 0.2) is 24.3 Å². The van der Waals surface area contributed by atoms with Crippen molar-refractivity contribution in [2.24, 2.45) is 17.6 Å². The Bertz CT molecular complexity index is 1070. The molecule has 4 atom stereocenters. The highest BCUT2D eigenvalue weighted by Crippen LogP contribution is 2.53. The summed E-state index contributed by atoms with van der Waals surface area (Å²) in [6, 6.07) is 6.72. The summed E-state index contributed by atoms with van der Waals surface area (Å²) in [6.45, 7) is 0.349. The molecule has 2 heterocycles. The number of carbonyl (C=O) groups is 3. The van der Waals surface area contributed by atoms with E-state index in [2.05, 4.69) is 10.4 Å². The number of primary amides is 1. The van der Waals surface area contributed by atoms with E-state index in [0.29, 0.717) is 36.2 Å². The molecule has 3 amide bonds. The number of hydrogen-bond donors (Lipinski definition) is 2. The van der Waals surface area contributed by atoms with E-state index in [4.69, 9.17) is 28.9 Å². The molecule has 1 unspecified atom stereocenters. The van der Waals surface area contributed by atoms with Crippen molar-refractivity contribution in [3.63, 3.8) is 0 Å². The number of alkyl halides is 2. The molecule has 3 fully saturated rings. The van der Waals surface area contributed by atoms with Gasteiger partial charge in [0, 0.05) is 23.9 Å². The fraction of sp³-hybridized carbons (Fsp3) is 0.500. The second-order valence-corrected chi connectivity index (χ2v) is 9.95. The van der Waals surface area contributed by atoms with Crippen LogP contribution in [0.1, 0.15) is 29.8 Å². The van der Waals surface area contributed by atoms with Crippen LogP contribution in [-0.4, -0.2) is 55.4 Å². The number of nitrogens with two attached hydrogens (primary N) is 1. The molecule has 3 N–H and O–H groups in total. The van der Waals surface area contributed by atoms with E-state index < -0.39 is 16.3 Å². The third-order valence-corrected chi connectivity index (χ3v) is 7.28. The van der Waals surface area contributed by atoms with Crippen molar-refractivity contribution >= 4 is 51.8 Å². The molecule has 2 saturated carbocycles. The summed E-state index contributed by atoms with van der Waals surface area (Å²) in [7, 11) is 0. The van der Waals surface area contributed by atoms with Crippen molar-refractivity contribution in [1.82, 2.24) is 20.0 Å². The molecule has 2 aliphatic carbocycles. The number of carbonyl (C=O) groups excluding carboxylic acids is 3. The summed E-state index contributed by atoms with van der Waals surface area (Å²) < 4.78 is 0.738. The molecule has 3 aliphatic rings. The van der Waals surface area contributed by atoms with E-state index in [1.54, 1.807) is 23.1 Å². The number of halogens is 2. The third kappa shape index (κ3) is 3.32. The van der Waals surface area contributed by atoms with Crippen LogP contribution in [0.3, 0.4) is 0 Å². The predicted molar refractivity (Wildman–Crippen MR) is 111 cm³/mol. The maximum Gasteiger partial charge on any atom is 0.269 e. The first kappa shape index (κ1) is 19.6. The van der Waals surface area contributed by atoms with Gasteiger partial charge in [-0.15, -0.1) is 23.2 Å². The Kier molecular flexibility index (Phi) is 4.48. The summed E-state index contributed by atoms with van der Waals surface area (Å²) in [4.78, 5) is 39.3. The standard InChI is InChI=1S/C20H21Cl2N5O3/c21-20(22)7-11(20)8-24-19(30)15-6-10-5-14(10)27(15)16(28)9-26-13-4-2-1-3-12(13)17(25-26)18(23)29/h1-4,10-11,14-15H,5-9H2,(H2,23,29)(H,24,30)/t10-,11?,14-,15+/m1/s1. The monoisotopic (exact) mass is 449 g/mol. The van der Waals surface area contributed by atoms with Gasteiger partial charge in [-0.2, -0.15) is 5.10 Å². The number of likely N-dealkylation sites (tertiary alicyclic amines) is 1. The lowest BCUT2D eigenvalue weighted by Gasteiger charge is -2.27. The maximum atomic E-state index is 13.2. The van der Waals surface area contributed by atoms with Crippen molar-refractivity contribution in [3.05, 3.63) is 30.0 Å². The minimum Gasteiger partial charge on any atom is -0.364 e. The van der Waals surface area contributed by atoms with Gasteiger partial charge in [0.25, 0.3) is 5.91 Å². The first-order valence-electron chi connectivity index (χ1n) is 9.98. The molecule has 1 aliphatic heterocycles. The third-order valence-electron chi connectivity index (χ3n) is 6.35. The molecule has 1 saturated heterocycles. The van der Waals surface area contributed by atoms with Gasteiger partial charge in [-0.3, -0.25) is 19.1 Å². The van der Waals surface area contributed by atoms with Gasteiger partial charge in [0.2, 0.25) is 11.8 Å². The second-order valence-electron chi connectivity index (χ2n) is 8.41. The number of piperidine rings is 1. The summed E-state index contributed by atoms with van der Waals surface area (Å²) in [5.74, 6) is -0.601. The van der Waals surface area contributed by atoms with E-state index in [0.717, 1.165) is 6.42 Å². The predicted octanol–water partition coefficient (Wildman–Crippen LogP) is 1.43. The van der Waals surface area contributed by atoms with Gasteiger partial charge in [0.1, 0.15) is 16.9 Å². The Morgan fingerprint density at radius 2 is 1.97 bits per heavy atom. The molecule has 0 spiro atoms. The number of amides is 3. The van der Waals surface area contributed by atoms with Crippen molar-refractivity contribution < 1.29 is 14.4 Å². The molecule has 158 valence electrons. The first-order chi connectivity index (χ1) is 14.3. The Hall–Kier alpha value is -2.32. The van der Waals surface area contributed by atoms with Gasteiger partial charge in [0.15, 0.2) is 5.69 Å².